The van der Waals surface area contributed by atoms with Crippen LogP contribution in [0.4, 0.5) is 5.82 Å². The summed E-state index contributed by atoms with van der Waals surface area (Å²) in [4.78, 5) is 2.23. The summed E-state index contributed by atoms with van der Waals surface area (Å²) in [7, 11) is 2.10. The molecule has 5 heteroatoms. The van der Waals surface area contributed by atoms with Gasteiger partial charge < -0.3 is 15.0 Å². The summed E-state index contributed by atoms with van der Waals surface area (Å²) >= 11 is 0. The van der Waals surface area contributed by atoms with Gasteiger partial charge in [0.25, 0.3) is 0 Å². The number of nitrogens with zero attached hydrogens (tertiary/aromatic N) is 3. The molecule has 1 saturated heterocycles. The van der Waals surface area contributed by atoms with Crippen molar-refractivity contribution in [3.63, 3.8) is 0 Å². The van der Waals surface area contributed by atoms with Crippen molar-refractivity contribution >= 4 is 5.82 Å². The van der Waals surface area contributed by atoms with Crippen LogP contribution in [0.2, 0.25) is 0 Å². The Kier molecular flexibility index (Phi) is 3.94. The minimum absolute atomic E-state index is 0.526. The van der Waals surface area contributed by atoms with Gasteiger partial charge in [0, 0.05) is 38.9 Å². The molecule has 2 aliphatic rings. The van der Waals surface area contributed by atoms with E-state index in [9.17, 15) is 0 Å². The highest BCUT2D eigenvalue weighted by Gasteiger charge is 2.21. The summed E-state index contributed by atoms with van der Waals surface area (Å²) in [6.45, 7) is 2.54. The molecule has 0 radical (unpaired) electrons. The first-order chi connectivity index (χ1) is 9.33. The van der Waals surface area contributed by atoms with E-state index >= 15 is 0 Å². The predicted molar refractivity (Wildman–Crippen MR) is 74.1 cm³/mol. The van der Waals surface area contributed by atoms with Crippen LogP contribution in [0.15, 0.2) is 12.1 Å². The smallest absolute Gasteiger partial charge is 0.151 e. The van der Waals surface area contributed by atoms with E-state index in [1.165, 1.54) is 12.8 Å². The molecule has 1 aromatic heterocycles. The fraction of sp³-hybridized carbons (Fsp3) is 0.714. The zero-order chi connectivity index (χ0) is 13.1. The first kappa shape index (κ1) is 12.8. The monoisotopic (exact) mass is 262 g/mol. The van der Waals surface area contributed by atoms with Crippen molar-refractivity contribution in [2.45, 2.75) is 44.3 Å². The molecule has 2 fully saturated rings. The van der Waals surface area contributed by atoms with Crippen molar-refractivity contribution in [2.24, 2.45) is 0 Å². The second kappa shape index (κ2) is 5.84. The van der Waals surface area contributed by atoms with E-state index in [0.29, 0.717) is 12.1 Å². The third kappa shape index (κ3) is 3.42. The molecule has 0 atom stereocenters. The number of ether oxygens (including phenoxy) is 1. The van der Waals surface area contributed by atoms with Gasteiger partial charge in [0.15, 0.2) is 5.82 Å². The van der Waals surface area contributed by atoms with Gasteiger partial charge in [-0.05, 0) is 37.8 Å². The Morgan fingerprint density at radius 1 is 1.21 bits per heavy atom. The molecule has 5 nitrogen and oxygen atoms in total. The van der Waals surface area contributed by atoms with Gasteiger partial charge in [-0.25, -0.2) is 0 Å². The summed E-state index contributed by atoms with van der Waals surface area (Å²) < 4.78 is 5.39. The molecular weight excluding hydrogens is 240 g/mol. The maximum absolute atomic E-state index is 5.39. The normalized spacial score (nSPS) is 20.5. The summed E-state index contributed by atoms with van der Waals surface area (Å²) in [5.41, 5.74) is 1.02. The van der Waals surface area contributed by atoms with Crippen LogP contribution in [0.25, 0.3) is 0 Å². The molecule has 1 N–H and O–H groups in total. The minimum Gasteiger partial charge on any atom is -0.381 e. The maximum atomic E-state index is 5.39. The Morgan fingerprint density at radius 2 is 2.00 bits per heavy atom. The van der Waals surface area contributed by atoms with Crippen molar-refractivity contribution in [2.75, 3.05) is 25.2 Å². The van der Waals surface area contributed by atoms with Crippen molar-refractivity contribution < 1.29 is 4.74 Å². The molecule has 19 heavy (non-hydrogen) atoms. The van der Waals surface area contributed by atoms with E-state index in [2.05, 4.69) is 39.6 Å². The molecule has 104 valence electrons. The van der Waals surface area contributed by atoms with Crippen molar-refractivity contribution in [3.8, 4) is 0 Å². The molecule has 0 spiro atoms. The van der Waals surface area contributed by atoms with E-state index in [4.69, 9.17) is 4.74 Å². The highest BCUT2D eigenvalue weighted by atomic mass is 16.5. The van der Waals surface area contributed by atoms with Crippen LogP contribution in [0, 0.1) is 0 Å². The average Bonchev–Trinajstić information content (AvgIpc) is 3.30. The van der Waals surface area contributed by atoms with Crippen LogP contribution < -0.4 is 10.2 Å². The third-order valence-electron chi connectivity index (χ3n) is 3.95. The first-order valence-corrected chi connectivity index (χ1v) is 7.19. The minimum atomic E-state index is 0.526. The Balaban J connectivity index is 1.57. The second-order valence-corrected chi connectivity index (χ2v) is 5.49. The lowest BCUT2D eigenvalue weighted by Crippen LogP contribution is -2.37. The summed E-state index contributed by atoms with van der Waals surface area (Å²) in [5.74, 6) is 0.960. The van der Waals surface area contributed by atoms with Gasteiger partial charge in [0.2, 0.25) is 0 Å². The van der Waals surface area contributed by atoms with Crippen LogP contribution in [-0.4, -0.2) is 42.5 Å². The zero-order valence-corrected chi connectivity index (χ0v) is 11.5. The lowest BCUT2D eigenvalue weighted by atomic mass is 10.1. The van der Waals surface area contributed by atoms with Gasteiger partial charge in [-0.3, -0.25) is 0 Å². The van der Waals surface area contributed by atoms with Crippen LogP contribution in [-0.2, 0) is 11.3 Å². The zero-order valence-electron chi connectivity index (χ0n) is 11.5. The standard InChI is InChI=1S/C14H22N4O/c1-18(13-6-8-19-9-7-13)14-5-4-12(16-17-14)10-15-11-2-3-11/h4-5,11,13,15H,2-3,6-10H2,1H3. The quantitative estimate of drug-likeness (QED) is 0.868. The van der Waals surface area contributed by atoms with Crippen molar-refractivity contribution in [3.05, 3.63) is 17.8 Å². The van der Waals surface area contributed by atoms with Crippen LogP contribution in [0.1, 0.15) is 31.4 Å². The van der Waals surface area contributed by atoms with Gasteiger partial charge in [0.05, 0.1) is 5.69 Å². The fourth-order valence-corrected chi connectivity index (χ4v) is 2.43. The number of rotatable bonds is 5. The molecule has 3 rings (SSSR count). The Morgan fingerprint density at radius 3 is 2.63 bits per heavy atom. The second-order valence-electron chi connectivity index (χ2n) is 5.49. The van der Waals surface area contributed by atoms with E-state index < -0.39 is 0 Å². The van der Waals surface area contributed by atoms with Crippen LogP contribution >= 0.6 is 0 Å². The number of aromatic nitrogens is 2. The average molecular weight is 262 g/mol. The number of hydrogen-bond donors (Lipinski definition) is 1. The van der Waals surface area contributed by atoms with Crippen LogP contribution in [0.5, 0.6) is 0 Å². The van der Waals surface area contributed by atoms with Crippen molar-refractivity contribution in [1.82, 2.24) is 15.5 Å². The van der Waals surface area contributed by atoms with Crippen molar-refractivity contribution in [1.29, 1.82) is 0 Å². The molecule has 0 unspecified atom stereocenters. The molecule has 0 aromatic carbocycles. The van der Waals surface area contributed by atoms with Gasteiger partial charge in [-0.1, -0.05) is 0 Å². The Hall–Kier alpha value is -1.20. The largest absolute Gasteiger partial charge is 0.381 e. The SMILES string of the molecule is CN(c1ccc(CNC2CC2)nn1)C1CCOCC1. The lowest BCUT2D eigenvalue weighted by Gasteiger charge is -2.31. The third-order valence-corrected chi connectivity index (χ3v) is 3.95. The van der Waals surface area contributed by atoms with E-state index in [1.54, 1.807) is 0 Å². The van der Waals surface area contributed by atoms with Gasteiger partial charge in [0.1, 0.15) is 0 Å². The lowest BCUT2D eigenvalue weighted by molar-refractivity contribution is 0.0853. The van der Waals surface area contributed by atoms with Crippen LogP contribution in [0.3, 0.4) is 0 Å². The Bertz CT molecular complexity index is 398. The number of hydrogen-bond acceptors (Lipinski definition) is 5. The molecule has 0 amide bonds. The molecule has 1 aliphatic heterocycles. The van der Waals surface area contributed by atoms with E-state index in [-0.39, 0.29) is 0 Å². The molecule has 1 aromatic rings. The van der Waals surface area contributed by atoms with Gasteiger partial charge in [-0.2, -0.15) is 5.10 Å². The first-order valence-electron chi connectivity index (χ1n) is 7.19. The molecule has 0 bridgehead atoms. The highest BCUT2D eigenvalue weighted by Crippen LogP contribution is 2.20. The van der Waals surface area contributed by atoms with Gasteiger partial charge in [-0.15, -0.1) is 5.10 Å². The number of anilines is 1. The molecule has 2 heterocycles. The van der Waals surface area contributed by atoms with Gasteiger partial charge >= 0.3 is 0 Å². The Labute approximate surface area is 114 Å². The molecule has 1 aliphatic carbocycles. The summed E-state index contributed by atoms with van der Waals surface area (Å²) in [6.07, 6.45) is 4.75. The molecule has 1 saturated carbocycles. The van der Waals surface area contributed by atoms with E-state index in [1.807, 2.05) is 0 Å². The highest BCUT2D eigenvalue weighted by molar-refractivity contribution is 5.37. The number of nitrogens with one attached hydrogen (secondary N) is 1. The van der Waals surface area contributed by atoms with E-state index in [0.717, 1.165) is 44.1 Å². The fourth-order valence-electron chi connectivity index (χ4n) is 2.43. The summed E-state index contributed by atoms with van der Waals surface area (Å²) in [6, 6.07) is 5.39. The predicted octanol–water partition coefficient (Wildman–Crippen LogP) is 1.34. The topological polar surface area (TPSA) is 50.3 Å². The molecular formula is C14H22N4O. The maximum Gasteiger partial charge on any atom is 0.151 e. The summed E-state index contributed by atoms with van der Waals surface area (Å²) in [5, 5.41) is 12.1.